The second-order valence-electron chi connectivity index (χ2n) is 5.70. The number of carbonyl (C=O) groups excluding carboxylic acids is 1. The molecule has 1 fully saturated rings. The minimum absolute atomic E-state index is 0.0754. The topological polar surface area (TPSA) is 41.1 Å². The van der Waals surface area contributed by atoms with Crippen LogP contribution in [0, 0.1) is 18.7 Å². The van der Waals surface area contributed by atoms with Crippen molar-refractivity contribution in [2.24, 2.45) is 5.92 Å². The van der Waals surface area contributed by atoms with Crippen LogP contribution >= 0.6 is 0 Å². The van der Waals surface area contributed by atoms with Crippen LogP contribution in [0.3, 0.4) is 0 Å². The zero-order valence-corrected chi connectivity index (χ0v) is 12.2. The molecule has 110 valence electrons. The van der Waals surface area contributed by atoms with Gasteiger partial charge < -0.3 is 10.6 Å². The van der Waals surface area contributed by atoms with Crippen molar-refractivity contribution in [2.75, 3.05) is 13.1 Å². The quantitative estimate of drug-likeness (QED) is 0.869. The predicted molar refractivity (Wildman–Crippen MR) is 77.9 cm³/mol. The second kappa shape index (κ2) is 6.84. The first-order valence-corrected chi connectivity index (χ1v) is 7.32. The molecule has 1 aliphatic rings. The molecule has 0 saturated carbocycles. The molecule has 3 nitrogen and oxygen atoms in total. The maximum atomic E-state index is 13.2. The summed E-state index contributed by atoms with van der Waals surface area (Å²) in [7, 11) is 0. The molecule has 0 aromatic heterocycles. The Balaban J connectivity index is 1.81. The fraction of sp³-hybridized carbons (Fsp3) is 0.562. The minimum atomic E-state index is -0.207. The molecule has 20 heavy (non-hydrogen) atoms. The van der Waals surface area contributed by atoms with Crippen LogP contribution in [0.1, 0.15) is 43.4 Å². The van der Waals surface area contributed by atoms with E-state index in [1.807, 2.05) is 6.92 Å². The number of hydrogen-bond acceptors (Lipinski definition) is 2. The maximum Gasteiger partial charge on any atom is 0.220 e. The number of nitrogens with one attached hydrogen (secondary N) is 2. The normalized spacial score (nSPS) is 19.9. The summed E-state index contributed by atoms with van der Waals surface area (Å²) in [5.41, 5.74) is 1.56. The smallest absolute Gasteiger partial charge is 0.220 e. The second-order valence-corrected chi connectivity index (χ2v) is 5.70. The van der Waals surface area contributed by atoms with Crippen molar-refractivity contribution in [1.82, 2.24) is 10.6 Å². The van der Waals surface area contributed by atoms with E-state index in [1.54, 1.807) is 19.1 Å². The van der Waals surface area contributed by atoms with E-state index >= 15 is 0 Å². The van der Waals surface area contributed by atoms with Crippen molar-refractivity contribution in [1.29, 1.82) is 0 Å². The lowest BCUT2D eigenvalue weighted by molar-refractivity contribution is -0.122. The molecular formula is C16H23FN2O. The molecule has 1 amide bonds. The number of hydrogen-bond donors (Lipinski definition) is 2. The number of amides is 1. The first kappa shape index (κ1) is 15.0. The van der Waals surface area contributed by atoms with E-state index in [0.29, 0.717) is 17.9 Å². The Hall–Kier alpha value is -1.42. The van der Waals surface area contributed by atoms with E-state index in [4.69, 9.17) is 0 Å². The molecule has 1 aromatic carbocycles. The van der Waals surface area contributed by atoms with Gasteiger partial charge in [0, 0.05) is 6.42 Å². The first-order chi connectivity index (χ1) is 9.56. The molecule has 4 heteroatoms. The van der Waals surface area contributed by atoms with Gasteiger partial charge in [-0.05, 0) is 62.9 Å². The monoisotopic (exact) mass is 278 g/mol. The number of benzene rings is 1. The molecule has 1 aromatic rings. The third-order valence-electron chi connectivity index (χ3n) is 4.00. The highest BCUT2D eigenvalue weighted by molar-refractivity contribution is 5.76. The zero-order valence-electron chi connectivity index (χ0n) is 12.2. The number of carbonyl (C=O) groups is 1. The van der Waals surface area contributed by atoms with Crippen LogP contribution in [-0.2, 0) is 4.79 Å². The third kappa shape index (κ3) is 4.04. The molecule has 2 atom stereocenters. The van der Waals surface area contributed by atoms with Gasteiger partial charge in [0.25, 0.3) is 0 Å². The molecule has 0 aliphatic carbocycles. The standard InChI is InChI=1S/C16H23FN2O/c1-11-9-14(4-5-15(11)17)12(2)19-16(20)6-3-13-7-8-18-10-13/h4-5,9,12-13,18H,3,6-8,10H2,1-2H3,(H,19,20). The van der Waals surface area contributed by atoms with Crippen LogP contribution in [0.2, 0.25) is 0 Å². The zero-order chi connectivity index (χ0) is 14.5. The summed E-state index contributed by atoms with van der Waals surface area (Å²) >= 11 is 0. The Labute approximate surface area is 120 Å². The van der Waals surface area contributed by atoms with Crippen molar-refractivity contribution in [2.45, 2.75) is 39.2 Å². The van der Waals surface area contributed by atoms with E-state index in [1.165, 1.54) is 12.5 Å². The molecular weight excluding hydrogens is 255 g/mol. The highest BCUT2D eigenvalue weighted by Crippen LogP contribution is 2.18. The molecule has 2 unspecified atom stereocenters. The molecule has 0 radical (unpaired) electrons. The maximum absolute atomic E-state index is 13.2. The lowest BCUT2D eigenvalue weighted by Crippen LogP contribution is -2.27. The SMILES string of the molecule is Cc1cc(C(C)NC(=O)CCC2CCNC2)ccc1F. The summed E-state index contributed by atoms with van der Waals surface area (Å²) in [6.45, 7) is 5.76. The number of halogens is 1. The number of rotatable bonds is 5. The van der Waals surface area contributed by atoms with E-state index in [9.17, 15) is 9.18 Å². The molecule has 1 saturated heterocycles. The van der Waals surface area contributed by atoms with Crippen molar-refractivity contribution in [3.8, 4) is 0 Å². The molecule has 0 bridgehead atoms. The molecule has 1 aliphatic heterocycles. The van der Waals surface area contributed by atoms with E-state index < -0.39 is 0 Å². The van der Waals surface area contributed by atoms with Crippen molar-refractivity contribution >= 4 is 5.91 Å². The summed E-state index contributed by atoms with van der Waals surface area (Å²) in [6, 6.07) is 4.90. The average molecular weight is 278 g/mol. The van der Waals surface area contributed by atoms with Crippen LogP contribution in [0.25, 0.3) is 0 Å². The first-order valence-electron chi connectivity index (χ1n) is 7.32. The van der Waals surface area contributed by atoms with Gasteiger partial charge >= 0.3 is 0 Å². The summed E-state index contributed by atoms with van der Waals surface area (Å²) < 4.78 is 13.2. The Bertz CT molecular complexity index is 470. The van der Waals surface area contributed by atoms with Gasteiger partial charge in [0.05, 0.1) is 6.04 Å². The fourth-order valence-corrected chi connectivity index (χ4v) is 2.63. The van der Waals surface area contributed by atoms with Crippen LogP contribution in [-0.4, -0.2) is 19.0 Å². The highest BCUT2D eigenvalue weighted by Gasteiger charge is 2.17. The van der Waals surface area contributed by atoms with Crippen LogP contribution in [0.15, 0.2) is 18.2 Å². The Morgan fingerprint density at radius 2 is 2.35 bits per heavy atom. The van der Waals surface area contributed by atoms with Gasteiger partial charge in [0.2, 0.25) is 5.91 Å². The molecule has 2 rings (SSSR count). The van der Waals surface area contributed by atoms with Crippen LogP contribution in [0.5, 0.6) is 0 Å². The fourth-order valence-electron chi connectivity index (χ4n) is 2.63. The molecule has 2 N–H and O–H groups in total. The largest absolute Gasteiger partial charge is 0.350 e. The highest BCUT2D eigenvalue weighted by atomic mass is 19.1. The van der Waals surface area contributed by atoms with E-state index in [2.05, 4.69) is 10.6 Å². The third-order valence-corrected chi connectivity index (χ3v) is 4.00. The van der Waals surface area contributed by atoms with Crippen molar-refractivity contribution in [3.63, 3.8) is 0 Å². The van der Waals surface area contributed by atoms with Gasteiger partial charge in [-0.15, -0.1) is 0 Å². The summed E-state index contributed by atoms with van der Waals surface area (Å²) in [5, 5.41) is 6.29. The lowest BCUT2D eigenvalue weighted by atomic mass is 10.0. The van der Waals surface area contributed by atoms with E-state index in [-0.39, 0.29) is 17.8 Å². The van der Waals surface area contributed by atoms with Crippen molar-refractivity contribution in [3.05, 3.63) is 35.1 Å². The van der Waals surface area contributed by atoms with Gasteiger partial charge in [-0.25, -0.2) is 4.39 Å². The Morgan fingerprint density at radius 3 is 3.00 bits per heavy atom. The van der Waals surface area contributed by atoms with E-state index in [0.717, 1.165) is 25.1 Å². The number of aryl methyl sites for hydroxylation is 1. The van der Waals surface area contributed by atoms with Crippen molar-refractivity contribution < 1.29 is 9.18 Å². The van der Waals surface area contributed by atoms with Gasteiger partial charge in [-0.3, -0.25) is 4.79 Å². The molecule has 1 heterocycles. The molecule has 0 spiro atoms. The van der Waals surface area contributed by atoms with Gasteiger partial charge in [-0.2, -0.15) is 0 Å². The minimum Gasteiger partial charge on any atom is -0.350 e. The van der Waals surface area contributed by atoms with Crippen LogP contribution < -0.4 is 10.6 Å². The van der Waals surface area contributed by atoms with Crippen LogP contribution in [0.4, 0.5) is 4.39 Å². The average Bonchev–Trinajstić information content (AvgIpc) is 2.92. The predicted octanol–water partition coefficient (Wildman–Crippen LogP) is 2.70. The van der Waals surface area contributed by atoms with Gasteiger partial charge in [-0.1, -0.05) is 12.1 Å². The Kier molecular flexibility index (Phi) is 5.12. The summed E-state index contributed by atoms with van der Waals surface area (Å²) in [6.07, 6.45) is 2.67. The summed E-state index contributed by atoms with van der Waals surface area (Å²) in [5.74, 6) is 0.497. The Morgan fingerprint density at radius 1 is 1.55 bits per heavy atom. The van der Waals surface area contributed by atoms with Gasteiger partial charge in [0.1, 0.15) is 5.82 Å². The summed E-state index contributed by atoms with van der Waals surface area (Å²) in [4.78, 5) is 11.9. The van der Waals surface area contributed by atoms with Gasteiger partial charge in [0.15, 0.2) is 0 Å². The lowest BCUT2D eigenvalue weighted by Gasteiger charge is -2.16.